The van der Waals surface area contributed by atoms with E-state index in [-0.39, 0.29) is 35.8 Å². The van der Waals surface area contributed by atoms with E-state index < -0.39 is 5.97 Å². The largest absolute Gasteiger partial charge is 0.497 e. The molecule has 0 spiro atoms. The van der Waals surface area contributed by atoms with E-state index in [0.29, 0.717) is 5.75 Å². The van der Waals surface area contributed by atoms with Gasteiger partial charge in [-0.1, -0.05) is 19.9 Å². The van der Waals surface area contributed by atoms with Crippen LogP contribution >= 0.6 is 11.3 Å². The van der Waals surface area contributed by atoms with E-state index in [0.717, 1.165) is 4.88 Å². The van der Waals surface area contributed by atoms with Crippen LogP contribution in [0.15, 0.2) is 35.7 Å². The molecule has 1 aromatic heterocycles. The molecule has 0 aliphatic carbocycles. The maximum atomic E-state index is 12.4. The summed E-state index contributed by atoms with van der Waals surface area (Å²) in [6.07, 6.45) is 0. The van der Waals surface area contributed by atoms with E-state index in [2.05, 4.69) is 5.32 Å². The van der Waals surface area contributed by atoms with Gasteiger partial charge < -0.3 is 19.5 Å². The lowest BCUT2D eigenvalue weighted by atomic mass is 10.0. The first-order valence-electron chi connectivity index (χ1n) is 8.18. The van der Waals surface area contributed by atoms with Crippen LogP contribution in [0.25, 0.3) is 0 Å². The van der Waals surface area contributed by atoms with E-state index in [4.69, 9.17) is 14.2 Å². The molecule has 0 aliphatic heterocycles. The number of esters is 1. The summed E-state index contributed by atoms with van der Waals surface area (Å²) in [6, 6.07) is 8.59. The molecule has 1 heterocycles. The first kappa shape index (κ1) is 19.8. The van der Waals surface area contributed by atoms with E-state index in [9.17, 15) is 9.59 Å². The molecule has 0 radical (unpaired) electrons. The van der Waals surface area contributed by atoms with E-state index in [1.807, 2.05) is 31.4 Å². The van der Waals surface area contributed by atoms with Crippen molar-refractivity contribution in [3.8, 4) is 11.5 Å². The van der Waals surface area contributed by atoms with Crippen LogP contribution in [0.4, 0.5) is 0 Å². The third kappa shape index (κ3) is 4.98. The molecule has 1 amide bonds. The fourth-order valence-corrected chi connectivity index (χ4v) is 3.37. The Labute approximate surface area is 157 Å². The maximum Gasteiger partial charge on any atom is 0.341 e. The van der Waals surface area contributed by atoms with Gasteiger partial charge >= 0.3 is 5.97 Å². The van der Waals surface area contributed by atoms with Crippen LogP contribution in [0, 0.1) is 5.92 Å². The number of hydrogen-bond acceptors (Lipinski definition) is 6. The number of benzene rings is 1. The number of rotatable bonds is 8. The van der Waals surface area contributed by atoms with Crippen LogP contribution in [0.2, 0.25) is 0 Å². The minimum Gasteiger partial charge on any atom is -0.497 e. The van der Waals surface area contributed by atoms with Crippen molar-refractivity contribution in [3.05, 3.63) is 46.2 Å². The molecular formula is C19H23NO5S. The summed E-state index contributed by atoms with van der Waals surface area (Å²) in [5.41, 5.74) is 0.236. The fraction of sp³-hybridized carbons (Fsp3) is 0.368. The Morgan fingerprint density at radius 1 is 1.19 bits per heavy atom. The maximum absolute atomic E-state index is 12.4. The fourth-order valence-electron chi connectivity index (χ4n) is 2.42. The Morgan fingerprint density at radius 3 is 2.54 bits per heavy atom. The highest BCUT2D eigenvalue weighted by atomic mass is 32.1. The number of methoxy groups -OCH3 is 2. The van der Waals surface area contributed by atoms with Gasteiger partial charge in [0.15, 0.2) is 6.61 Å². The third-order valence-electron chi connectivity index (χ3n) is 3.79. The zero-order chi connectivity index (χ0) is 19.1. The molecule has 1 unspecified atom stereocenters. The summed E-state index contributed by atoms with van der Waals surface area (Å²) >= 11 is 1.60. The molecule has 0 saturated carbocycles. The van der Waals surface area contributed by atoms with Crippen LogP contribution in [-0.4, -0.2) is 32.7 Å². The van der Waals surface area contributed by atoms with Crippen molar-refractivity contribution in [1.29, 1.82) is 0 Å². The molecule has 0 saturated heterocycles. The van der Waals surface area contributed by atoms with Gasteiger partial charge in [-0.2, -0.15) is 0 Å². The second-order valence-corrected chi connectivity index (χ2v) is 6.93. The number of carbonyl (C=O) groups is 2. The molecule has 1 N–H and O–H groups in total. The zero-order valence-electron chi connectivity index (χ0n) is 15.3. The highest BCUT2D eigenvalue weighted by Gasteiger charge is 2.20. The normalized spacial score (nSPS) is 11.7. The molecule has 26 heavy (non-hydrogen) atoms. The molecule has 6 nitrogen and oxygen atoms in total. The smallest absolute Gasteiger partial charge is 0.341 e. The van der Waals surface area contributed by atoms with Gasteiger partial charge in [0, 0.05) is 10.9 Å². The molecule has 1 aromatic carbocycles. The monoisotopic (exact) mass is 377 g/mol. The Hall–Kier alpha value is -2.54. The Bertz CT molecular complexity index is 742. The average molecular weight is 377 g/mol. The first-order chi connectivity index (χ1) is 12.5. The second kappa shape index (κ2) is 9.24. The molecule has 0 aliphatic rings. The molecule has 0 fully saturated rings. The molecule has 1 atom stereocenters. The molecule has 2 rings (SSSR count). The van der Waals surface area contributed by atoms with Crippen molar-refractivity contribution < 1.29 is 23.8 Å². The predicted octanol–water partition coefficient (Wildman–Crippen LogP) is 3.44. The number of nitrogens with one attached hydrogen (secondary N) is 1. The average Bonchev–Trinajstić information content (AvgIpc) is 3.17. The Morgan fingerprint density at radius 2 is 1.96 bits per heavy atom. The van der Waals surface area contributed by atoms with Gasteiger partial charge in [-0.05, 0) is 29.5 Å². The zero-order valence-corrected chi connectivity index (χ0v) is 16.1. The summed E-state index contributed by atoms with van der Waals surface area (Å²) in [5.74, 6) is 0.188. The van der Waals surface area contributed by atoms with Crippen LogP contribution < -0.4 is 14.8 Å². The van der Waals surface area contributed by atoms with Gasteiger partial charge in [-0.15, -0.1) is 11.3 Å². The van der Waals surface area contributed by atoms with Gasteiger partial charge in [0.05, 0.1) is 20.3 Å². The van der Waals surface area contributed by atoms with Gasteiger partial charge in [-0.3, -0.25) is 4.79 Å². The Balaban J connectivity index is 2.07. The number of ether oxygens (including phenoxy) is 3. The highest BCUT2D eigenvalue weighted by molar-refractivity contribution is 7.10. The molecule has 2 aromatic rings. The molecule has 0 bridgehead atoms. The van der Waals surface area contributed by atoms with Crippen molar-refractivity contribution in [1.82, 2.24) is 5.32 Å². The van der Waals surface area contributed by atoms with Crippen molar-refractivity contribution in [3.63, 3.8) is 0 Å². The second-order valence-electron chi connectivity index (χ2n) is 5.95. The minimum atomic E-state index is -0.540. The Kier molecular flexibility index (Phi) is 7.03. The number of amides is 1. The van der Waals surface area contributed by atoms with Crippen molar-refractivity contribution in [2.75, 3.05) is 20.8 Å². The van der Waals surface area contributed by atoms with Gasteiger partial charge in [0.1, 0.15) is 17.1 Å². The predicted molar refractivity (Wildman–Crippen MR) is 99.9 cm³/mol. The summed E-state index contributed by atoms with van der Waals surface area (Å²) in [4.78, 5) is 25.3. The minimum absolute atomic E-state index is 0.0866. The van der Waals surface area contributed by atoms with E-state index >= 15 is 0 Å². The standard InChI is InChI=1S/C19H23NO5S/c1-12(2)18(16-6-5-9-26-16)20-17(21)11-25-15-10-13(23-3)7-8-14(15)19(22)24-4/h5-10,12,18H,11H2,1-4H3,(H,20,21). The number of thiophene rings is 1. The lowest BCUT2D eigenvalue weighted by Gasteiger charge is -2.21. The molecule has 7 heteroatoms. The number of hydrogen-bond donors (Lipinski definition) is 1. The van der Waals surface area contributed by atoms with Crippen molar-refractivity contribution in [2.45, 2.75) is 19.9 Å². The van der Waals surface area contributed by atoms with Crippen LogP contribution in [0.5, 0.6) is 11.5 Å². The van der Waals surface area contributed by atoms with Gasteiger partial charge in [0.25, 0.3) is 5.91 Å². The van der Waals surface area contributed by atoms with Crippen molar-refractivity contribution in [2.24, 2.45) is 5.92 Å². The SMILES string of the molecule is COC(=O)c1ccc(OC)cc1OCC(=O)NC(c1cccs1)C(C)C. The molecular weight excluding hydrogens is 354 g/mol. The van der Waals surface area contributed by atoms with Crippen molar-refractivity contribution >= 4 is 23.2 Å². The third-order valence-corrected chi connectivity index (χ3v) is 4.74. The van der Waals surface area contributed by atoms with Gasteiger partial charge in [0.2, 0.25) is 0 Å². The van der Waals surface area contributed by atoms with Gasteiger partial charge in [-0.25, -0.2) is 4.79 Å². The molecule has 140 valence electrons. The quantitative estimate of drug-likeness (QED) is 0.714. The summed E-state index contributed by atoms with van der Waals surface area (Å²) in [5, 5.41) is 4.96. The topological polar surface area (TPSA) is 73.9 Å². The van der Waals surface area contributed by atoms with E-state index in [1.54, 1.807) is 29.5 Å². The van der Waals surface area contributed by atoms with Crippen LogP contribution in [0.3, 0.4) is 0 Å². The van der Waals surface area contributed by atoms with Crippen LogP contribution in [0.1, 0.15) is 35.1 Å². The number of carbonyl (C=O) groups excluding carboxylic acids is 2. The summed E-state index contributed by atoms with van der Waals surface area (Å²) in [7, 11) is 2.80. The first-order valence-corrected chi connectivity index (χ1v) is 9.06. The van der Waals surface area contributed by atoms with E-state index in [1.165, 1.54) is 14.2 Å². The highest BCUT2D eigenvalue weighted by Crippen LogP contribution is 2.27. The lowest BCUT2D eigenvalue weighted by Crippen LogP contribution is -2.34. The lowest BCUT2D eigenvalue weighted by molar-refractivity contribution is -0.124. The summed E-state index contributed by atoms with van der Waals surface area (Å²) in [6.45, 7) is 3.87. The van der Waals surface area contributed by atoms with Crippen LogP contribution in [-0.2, 0) is 9.53 Å². The summed E-state index contributed by atoms with van der Waals surface area (Å²) < 4.78 is 15.5.